The quantitative estimate of drug-likeness (QED) is 0.296. The van der Waals surface area contributed by atoms with Crippen LogP contribution in [-0.2, 0) is 11.8 Å². The Balaban J connectivity index is 2.04. The van der Waals surface area contributed by atoms with Gasteiger partial charge in [-0.3, -0.25) is 4.98 Å². The molecule has 0 amide bonds. The van der Waals surface area contributed by atoms with Crippen LogP contribution in [0.5, 0.6) is 0 Å². The lowest BCUT2D eigenvalue weighted by molar-refractivity contribution is 0.290. The Morgan fingerprint density at radius 2 is 2.06 bits per heavy atom. The molecule has 0 aromatic carbocycles. The number of aromatic nitrogens is 1. The Morgan fingerprint density at radius 1 is 1.28 bits per heavy atom. The van der Waals surface area contributed by atoms with Gasteiger partial charge in [-0.2, -0.15) is 0 Å². The highest BCUT2D eigenvalue weighted by Gasteiger charge is 2.20. The first kappa shape index (κ1) is 24.3. The second kappa shape index (κ2) is 10.5. The van der Waals surface area contributed by atoms with Crippen molar-refractivity contribution in [3.05, 3.63) is 83.2 Å². The third-order valence-electron chi connectivity index (χ3n) is 5.84. The van der Waals surface area contributed by atoms with Gasteiger partial charge in [-0.15, -0.1) is 0 Å². The van der Waals surface area contributed by atoms with Crippen LogP contribution in [0, 0.1) is 0 Å². The molecule has 0 N–H and O–H groups in total. The lowest BCUT2D eigenvalue weighted by Gasteiger charge is -2.28. The van der Waals surface area contributed by atoms with Crippen LogP contribution >= 0.6 is 7.53 Å². The van der Waals surface area contributed by atoms with Crippen molar-refractivity contribution in [2.75, 3.05) is 18.0 Å². The lowest BCUT2D eigenvalue weighted by Crippen LogP contribution is -2.28. The fourth-order valence-corrected chi connectivity index (χ4v) is 5.63. The number of allylic oxidation sites excluding steroid dienone is 5. The molecule has 0 saturated carbocycles. The second-order valence-electron chi connectivity index (χ2n) is 9.08. The number of alkyl halides is 1. The minimum Gasteiger partial charge on any atom is -0.366 e. The molecule has 0 aliphatic carbocycles. The zero-order valence-corrected chi connectivity index (χ0v) is 21.1. The van der Waals surface area contributed by atoms with Crippen molar-refractivity contribution in [3.63, 3.8) is 0 Å². The Kier molecular flexibility index (Phi) is 7.96. The van der Waals surface area contributed by atoms with Gasteiger partial charge in [0, 0.05) is 24.8 Å². The first-order valence-electron chi connectivity index (χ1n) is 11.5. The van der Waals surface area contributed by atoms with Gasteiger partial charge in [0.05, 0.1) is 11.4 Å². The highest BCUT2D eigenvalue weighted by Crippen LogP contribution is 2.48. The van der Waals surface area contributed by atoms with Gasteiger partial charge in [-0.25, -0.2) is 4.39 Å². The zero-order chi connectivity index (χ0) is 23.3. The van der Waals surface area contributed by atoms with Crippen LogP contribution in [-0.4, -0.2) is 18.1 Å². The summed E-state index contributed by atoms with van der Waals surface area (Å²) in [5.74, 6) is 4.08. The normalized spacial score (nSPS) is 15.1. The summed E-state index contributed by atoms with van der Waals surface area (Å²) >= 11 is 0. The molecular weight excluding hydrogens is 414 g/mol. The molecule has 3 heterocycles. The number of pyridine rings is 1. The van der Waals surface area contributed by atoms with Crippen LogP contribution in [0.3, 0.4) is 0 Å². The number of rotatable bonds is 8. The predicted octanol–water partition coefficient (Wildman–Crippen LogP) is 8.51. The summed E-state index contributed by atoms with van der Waals surface area (Å²) in [4.78, 5) is 7.32. The van der Waals surface area contributed by atoms with Crippen LogP contribution < -0.4 is 4.90 Å². The molecule has 3 rings (SSSR count). The van der Waals surface area contributed by atoms with Gasteiger partial charge in [0.2, 0.25) is 0 Å². The zero-order valence-electron chi connectivity index (χ0n) is 20.2. The fraction of sp³-hybridized carbons (Fsp3) is 0.393. The minimum absolute atomic E-state index is 0.920. The van der Waals surface area contributed by atoms with Crippen molar-refractivity contribution in [2.24, 2.45) is 0 Å². The molecule has 1 aliphatic heterocycles. The molecule has 0 spiro atoms. The summed E-state index contributed by atoms with van der Waals surface area (Å²) in [6.45, 7) is 15.8. The van der Waals surface area contributed by atoms with Crippen LogP contribution in [0.25, 0.3) is 11.1 Å². The van der Waals surface area contributed by atoms with Crippen molar-refractivity contribution >= 4 is 24.4 Å². The molecule has 2 aromatic rings. The monoisotopic (exact) mass is 450 g/mol. The third kappa shape index (κ3) is 5.70. The van der Waals surface area contributed by atoms with E-state index in [9.17, 15) is 4.39 Å². The lowest BCUT2D eigenvalue weighted by atomic mass is 9.97. The summed E-state index contributed by atoms with van der Waals surface area (Å²) in [6.07, 6.45) is 13.7. The second-order valence-corrected chi connectivity index (χ2v) is 11.5. The smallest absolute Gasteiger partial charge is 0.142 e. The molecule has 0 fully saturated rings. The Hall–Kier alpha value is -2.38. The highest BCUT2D eigenvalue weighted by molar-refractivity contribution is 7.49. The Bertz CT molecular complexity index is 1050. The van der Waals surface area contributed by atoms with Crippen LogP contribution in [0.1, 0.15) is 64.3 Å². The van der Waals surface area contributed by atoms with Gasteiger partial charge < -0.3 is 4.90 Å². The van der Waals surface area contributed by atoms with E-state index in [4.69, 9.17) is 4.98 Å². The van der Waals surface area contributed by atoms with Gasteiger partial charge in [-0.05, 0) is 87.1 Å². The number of anilines is 1. The molecule has 0 radical (unpaired) electrons. The van der Waals surface area contributed by atoms with E-state index >= 15 is 0 Å². The number of nitrogens with zero attached hydrogens (tertiary/aromatic N) is 2. The number of halogens is 1. The fourth-order valence-electron chi connectivity index (χ4n) is 4.02. The van der Waals surface area contributed by atoms with Crippen LogP contribution in [0.4, 0.5) is 10.1 Å². The van der Waals surface area contributed by atoms with E-state index in [-0.39, 0.29) is 0 Å². The topological polar surface area (TPSA) is 16.1 Å². The minimum atomic E-state index is -1.21. The number of hydrogen-bond donors (Lipinski definition) is 0. The van der Waals surface area contributed by atoms with Crippen LogP contribution in [0.15, 0.2) is 66.4 Å². The molecule has 32 heavy (non-hydrogen) atoms. The molecule has 4 heteroatoms. The largest absolute Gasteiger partial charge is 0.366 e. The molecule has 0 saturated heterocycles. The number of aryl methyl sites for hydroxylation is 1. The van der Waals surface area contributed by atoms with Crippen molar-refractivity contribution < 1.29 is 4.39 Å². The summed E-state index contributed by atoms with van der Waals surface area (Å²) in [7, 11) is -0.920. The van der Waals surface area contributed by atoms with E-state index in [0.717, 1.165) is 54.6 Å². The van der Waals surface area contributed by atoms with E-state index in [1.807, 2.05) is 24.1 Å². The highest BCUT2D eigenvalue weighted by atomic mass is 31.1. The van der Waals surface area contributed by atoms with Gasteiger partial charge in [0.15, 0.2) is 0 Å². The third-order valence-corrected chi connectivity index (χ3v) is 8.10. The molecular formula is C28H36FN2P. The maximum absolute atomic E-state index is 14.5. The molecule has 0 bridgehead atoms. The van der Waals surface area contributed by atoms with Crippen molar-refractivity contribution in [1.29, 1.82) is 0 Å². The van der Waals surface area contributed by atoms with Crippen molar-refractivity contribution in [3.8, 4) is 0 Å². The molecule has 170 valence electrons. The van der Waals surface area contributed by atoms with Gasteiger partial charge in [0.1, 0.15) is 5.41 Å². The molecule has 1 unspecified atom stereocenters. The van der Waals surface area contributed by atoms with E-state index in [1.165, 1.54) is 17.0 Å². The number of hydrogen-bond acceptors (Lipinski definition) is 2. The van der Waals surface area contributed by atoms with Gasteiger partial charge >= 0.3 is 0 Å². The van der Waals surface area contributed by atoms with E-state index in [2.05, 4.69) is 62.3 Å². The van der Waals surface area contributed by atoms with E-state index in [0.29, 0.717) is 0 Å². The maximum Gasteiger partial charge on any atom is 0.142 e. The summed E-state index contributed by atoms with van der Waals surface area (Å²) < 4.78 is 14.5. The Morgan fingerprint density at radius 3 is 2.62 bits per heavy atom. The molecule has 1 aliphatic rings. The summed E-state index contributed by atoms with van der Waals surface area (Å²) in [5, 5.41) is -1.21. The van der Waals surface area contributed by atoms with Gasteiger partial charge in [0.25, 0.3) is 0 Å². The molecule has 2 aromatic heterocycles. The van der Waals surface area contributed by atoms with Gasteiger partial charge in [-0.1, -0.05) is 51.3 Å². The first-order chi connectivity index (χ1) is 15.2. The van der Waals surface area contributed by atoms with Crippen molar-refractivity contribution in [1.82, 2.24) is 4.98 Å². The molecule has 2 nitrogen and oxygen atoms in total. The van der Waals surface area contributed by atoms with Crippen LogP contribution in [0.2, 0.25) is 0 Å². The van der Waals surface area contributed by atoms with E-state index in [1.54, 1.807) is 13.8 Å². The average molecular weight is 451 g/mol. The first-order valence-corrected chi connectivity index (χ1v) is 13.0. The summed E-state index contributed by atoms with van der Waals surface area (Å²) in [6, 6.07) is 4.34. The molecule has 1 atom stereocenters. The average Bonchev–Trinajstić information content (AvgIpc) is 3.26. The SMILES string of the molecule is C=C/C(=C\C(=C(C)C)c1cnc(CCC)c(N2CC=CCC2)c1)c1ccp(C(C)(C)F)c1. The maximum atomic E-state index is 14.5. The predicted molar refractivity (Wildman–Crippen MR) is 140 cm³/mol. The Labute approximate surface area is 194 Å². The summed E-state index contributed by atoms with van der Waals surface area (Å²) in [5.41, 5.74) is 7.96. The van der Waals surface area contributed by atoms with Crippen molar-refractivity contribution in [2.45, 2.75) is 59.3 Å². The standard InChI is InChI=1S/C28H36FN2P/c1-7-12-26-27(31-14-10-9-11-15-31)18-24(19-30-26)25(21(3)4)17-22(8-2)23-13-16-32(20-23)28(5,6)29/h8-10,13,16-20H,2,7,11-12,14-15H2,1,3-6H3/b22-17+. The van der Waals surface area contributed by atoms with E-state index < -0.39 is 12.9 Å².